The highest BCUT2D eigenvalue weighted by atomic mass is 19.1. The minimum Gasteiger partial charge on any atom is -0.465 e. The van der Waals surface area contributed by atoms with Gasteiger partial charge in [0.05, 0.1) is 18.2 Å². The van der Waals surface area contributed by atoms with Crippen molar-refractivity contribution in [2.24, 2.45) is 0 Å². The highest BCUT2D eigenvalue weighted by Crippen LogP contribution is 2.19. The van der Waals surface area contributed by atoms with Gasteiger partial charge in [-0.2, -0.15) is 5.26 Å². The number of carbonyl (C=O) groups is 1. The predicted octanol–water partition coefficient (Wildman–Crippen LogP) is 3.24. The van der Waals surface area contributed by atoms with Crippen LogP contribution in [-0.4, -0.2) is 13.1 Å². The van der Waals surface area contributed by atoms with Gasteiger partial charge in [-0.25, -0.2) is 13.6 Å². The van der Waals surface area contributed by atoms with Crippen molar-refractivity contribution in [3.8, 4) is 6.07 Å². The van der Waals surface area contributed by atoms with Gasteiger partial charge in [-0.1, -0.05) is 6.07 Å². The average molecular weight is 302 g/mol. The SMILES string of the molecule is COC(=O)c1cc(F)ccc1NCc1ccc(F)c(C#N)c1. The fourth-order valence-corrected chi connectivity index (χ4v) is 1.91. The maximum absolute atomic E-state index is 13.2. The molecule has 0 radical (unpaired) electrons. The van der Waals surface area contributed by atoms with E-state index in [2.05, 4.69) is 10.1 Å². The topological polar surface area (TPSA) is 62.1 Å². The molecular formula is C16H12F2N2O2. The van der Waals surface area contributed by atoms with E-state index in [0.29, 0.717) is 11.3 Å². The lowest BCUT2D eigenvalue weighted by atomic mass is 10.1. The summed E-state index contributed by atoms with van der Waals surface area (Å²) in [5.41, 5.74) is 1.03. The molecule has 0 saturated heterocycles. The van der Waals surface area contributed by atoms with Crippen LogP contribution in [0.1, 0.15) is 21.5 Å². The number of anilines is 1. The third kappa shape index (κ3) is 3.38. The van der Waals surface area contributed by atoms with E-state index in [-0.39, 0.29) is 17.7 Å². The number of rotatable bonds is 4. The summed E-state index contributed by atoms with van der Waals surface area (Å²) in [5.74, 6) is -1.82. The second kappa shape index (κ2) is 6.68. The maximum atomic E-state index is 13.2. The number of hydrogen-bond acceptors (Lipinski definition) is 4. The highest BCUT2D eigenvalue weighted by Gasteiger charge is 2.13. The van der Waals surface area contributed by atoms with Crippen molar-refractivity contribution >= 4 is 11.7 Å². The summed E-state index contributed by atoms with van der Waals surface area (Å²) in [6.45, 7) is 0.241. The normalized spacial score (nSPS) is 9.91. The van der Waals surface area contributed by atoms with Gasteiger partial charge in [-0.3, -0.25) is 0 Å². The van der Waals surface area contributed by atoms with Gasteiger partial charge in [-0.15, -0.1) is 0 Å². The first kappa shape index (κ1) is 15.4. The van der Waals surface area contributed by atoms with E-state index in [0.717, 1.165) is 6.07 Å². The quantitative estimate of drug-likeness (QED) is 0.881. The van der Waals surface area contributed by atoms with Gasteiger partial charge in [0.2, 0.25) is 0 Å². The lowest BCUT2D eigenvalue weighted by molar-refractivity contribution is 0.0601. The monoisotopic (exact) mass is 302 g/mol. The van der Waals surface area contributed by atoms with Crippen LogP contribution < -0.4 is 5.32 Å². The molecule has 2 rings (SSSR count). The van der Waals surface area contributed by atoms with Crippen molar-refractivity contribution < 1.29 is 18.3 Å². The largest absolute Gasteiger partial charge is 0.465 e. The van der Waals surface area contributed by atoms with Gasteiger partial charge < -0.3 is 10.1 Å². The Bertz CT molecular complexity index is 754. The standard InChI is InChI=1S/C16H12F2N2O2/c1-22-16(21)13-7-12(17)3-5-15(13)20-9-10-2-4-14(18)11(6-10)8-19/h2-7,20H,9H2,1H3. The summed E-state index contributed by atoms with van der Waals surface area (Å²) < 4.78 is 31.1. The molecule has 112 valence electrons. The Morgan fingerprint density at radius 1 is 1.27 bits per heavy atom. The van der Waals surface area contributed by atoms with Gasteiger partial charge >= 0.3 is 5.97 Å². The molecule has 4 nitrogen and oxygen atoms in total. The van der Waals surface area contributed by atoms with Crippen LogP contribution in [0.15, 0.2) is 36.4 Å². The van der Waals surface area contributed by atoms with E-state index in [1.54, 1.807) is 6.07 Å². The first-order chi connectivity index (χ1) is 10.5. The lowest BCUT2D eigenvalue weighted by Gasteiger charge is -2.11. The molecule has 0 heterocycles. The van der Waals surface area contributed by atoms with Crippen LogP contribution >= 0.6 is 0 Å². The summed E-state index contributed by atoms with van der Waals surface area (Å²) in [5, 5.41) is 11.7. The number of nitrogens with zero attached hydrogens (tertiary/aromatic N) is 1. The molecule has 6 heteroatoms. The Hall–Kier alpha value is -2.94. The third-order valence-electron chi connectivity index (χ3n) is 3.02. The molecular weight excluding hydrogens is 290 g/mol. The van der Waals surface area contributed by atoms with E-state index in [1.807, 2.05) is 0 Å². The molecule has 22 heavy (non-hydrogen) atoms. The van der Waals surface area contributed by atoms with Gasteiger partial charge in [-0.05, 0) is 35.9 Å². The molecule has 0 aromatic heterocycles. The van der Waals surface area contributed by atoms with E-state index in [9.17, 15) is 13.6 Å². The lowest BCUT2D eigenvalue weighted by Crippen LogP contribution is -2.09. The van der Waals surface area contributed by atoms with Crippen molar-refractivity contribution in [3.05, 3.63) is 64.7 Å². The molecule has 0 aliphatic carbocycles. The zero-order valence-electron chi connectivity index (χ0n) is 11.7. The molecule has 0 fully saturated rings. The molecule has 0 aliphatic heterocycles. The van der Waals surface area contributed by atoms with E-state index in [4.69, 9.17) is 5.26 Å². The number of hydrogen-bond donors (Lipinski definition) is 1. The van der Waals surface area contributed by atoms with Crippen molar-refractivity contribution in [1.82, 2.24) is 0 Å². The fraction of sp³-hybridized carbons (Fsp3) is 0.125. The number of carbonyl (C=O) groups excluding carboxylic acids is 1. The van der Waals surface area contributed by atoms with Crippen molar-refractivity contribution in [2.45, 2.75) is 6.54 Å². The molecule has 0 saturated carbocycles. The highest BCUT2D eigenvalue weighted by molar-refractivity contribution is 5.95. The fourth-order valence-electron chi connectivity index (χ4n) is 1.91. The van der Waals surface area contributed by atoms with Crippen LogP contribution in [0.4, 0.5) is 14.5 Å². The van der Waals surface area contributed by atoms with Crippen LogP contribution in [-0.2, 0) is 11.3 Å². The number of benzene rings is 2. The summed E-state index contributed by atoms with van der Waals surface area (Å²) in [4.78, 5) is 11.6. The number of halogens is 2. The molecule has 0 spiro atoms. The van der Waals surface area contributed by atoms with Gasteiger partial charge in [0.25, 0.3) is 0 Å². The Balaban J connectivity index is 2.22. The summed E-state index contributed by atoms with van der Waals surface area (Å²) in [6, 6.07) is 9.56. The maximum Gasteiger partial charge on any atom is 0.340 e. The molecule has 0 unspecified atom stereocenters. The molecule has 1 N–H and O–H groups in total. The summed E-state index contributed by atoms with van der Waals surface area (Å²) in [6.07, 6.45) is 0. The van der Waals surface area contributed by atoms with E-state index in [1.165, 1.54) is 37.4 Å². The minimum absolute atomic E-state index is 0.0603. The van der Waals surface area contributed by atoms with Crippen LogP contribution in [0.25, 0.3) is 0 Å². The zero-order valence-corrected chi connectivity index (χ0v) is 11.7. The van der Waals surface area contributed by atoms with Gasteiger partial charge in [0, 0.05) is 12.2 Å². The van der Waals surface area contributed by atoms with Gasteiger partial charge in [0.15, 0.2) is 0 Å². The predicted molar refractivity (Wildman–Crippen MR) is 76.2 cm³/mol. The van der Waals surface area contributed by atoms with Crippen LogP contribution in [0, 0.1) is 23.0 Å². The Kier molecular flexibility index (Phi) is 4.69. The van der Waals surface area contributed by atoms with Crippen molar-refractivity contribution in [3.63, 3.8) is 0 Å². The van der Waals surface area contributed by atoms with Crippen molar-refractivity contribution in [2.75, 3.05) is 12.4 Å². The number of ether oxygens (including phenoxy) is 1. The Morgan fingerprint density at radius 2 is 2.05 bits per heavy atom. The second-order valence-corrected chi connectivity index (χ2v) is 4.46. The summed E-state index contributed by atoms with van der Waals surface area (Å²) in [7, 11) is 1.20. The molecule has 0 bridgehead atoms. The van der Waals surface area contributed by atoms with E-state index < -0.39 is 17.6 Å². The molecule has 0 atom stereocenters. The van der Waals surface area contributed by atoms with Crippen molar-refractivity contribution in [1.29, 1.82) is 5.26 Å². The summed E-state index contributed by atoms with van der Waals surface area (Å²) >= 11 is 0. The van der Waals surface area contributed by atoms with Crippen LogP contribution in [0.2, 0.25) is 0 Å². The van der Waals surface area contributed by atoms with Gasteiger partial charge in [0.1, 0.15) is 17.7 Å². The first-order valence-corrected chi connectivity index (χ1v) is 6.35. The van der Waals surface area contributed by atoms with Crippen LogP contribution in [0.3, 0.4) is 0 Å². The third-order valence-corrected chi connectivity index (χ3v) is 3.02. The molecule has 0 amide bonds. The van der Waals surface area contributed by atoms with Crippen LogP contribution in [0.5, 0.6) is 0 Å². The smallest absolute Gasteiger partial charge is 0.340 e. The minimum atomic E-state index is -0.668. The molecule has 0 aliphatic rings. The first-order valence-electron chi connectivity index (χ1n) is 6.35. The average Bonchev–Trinajstić information content (AvgIpc) is 2.54. The Labute approximate surface area is 125 Å². The number of methoxy groups -OCH3 is 1. The molecule has 2 aromatic rings. The number of nitriles is 1. The second-order valence-electron chi connectivity index (χ2n) is 4.46. The number of esters is 1. The van der Waals surface area contributed by atoms with E-state index >= 15 is 0 Å². The molecule has 2 aromatic carbocycles. The Morgan fingerprint density at radius 3 is 2.73 bits per heavy atom. The number of nitrogens with one attached hydrogen (secondary N) is 1. The zero-order chi connectivity index (χ0) is 16.1.